The summed E-state index contributed by atoms with van der Waals surface area (Å²) in [6.07, 6.45) is 2.80. The third-order valence-electron chi connectivity index (χ3n) is 4.22. The summed E-state index contributed by atoms with van der Waals surface area (Å²) in [6.45, 7) is 4.05. The topological polar surface area (TPSA) is 29.6 Å². The molecule has 0 aromatic heterocycles. The summed E-state index contributed by atoms with van der Waals surface area (Å²) >= 11 is 5.88. The van der Waals surface area contributed by atoms with Crippen molar-refractivity contribution < 1.29 is 9.53 Å². The minimum atomic E-state index is -0.546. The average molecular weight is 265 g/mol. The molecule has 0 radical (unpaired) electrons. The van der Waals surface area contributed by atoms with Crippen molar-refractivity contribution in [3.63, 3.8) is 0 Å². The highest BCUT2D eigenvalue weighted by molar-refractivity contribution is 6.30. The fourth-order valence-electron chi connectivity index (χ4n) is 3.11. The Kier molecular flexibility index (Phi) is 2.58. The third-order valence-corrected chi connectivity index (χ3v) is 4.47. The molecule has 1 aromatic rings. The summed E-state index contributed by atoms with van der Waals surface area (Å²) in [4.78, 5) is 12.5. The van der Waals surface area contributed by atoms with Gasteiger partial charge < -0.3 is 4.74 Å². The Labute approximate surface area is 112 Å². The van der Waals surface area contributed by atoms with Crippen LogP contribution in [-0.2, 0) is 9.53 Å². The number of carbonyl (C=O) groups excluding carboxylic acids is 1. The van der Waals surface area contributed by atoms with Gasteiger partial charge in [0.2, 0.25) is 0 Å². The molecule has 1 heterocycles. The first kappa shape index (κ1) is 12.2. The predicted molar refractivity (Wildman–Crippen MR) is 70.6 cm³/mol. The SMILES string of the molecule is CC1(C)CCC[C@@]2(O[C@@H]2c2ccc(Cl)cc2)C1=O. The molecule has 1 aromatic carbocycles. The maximum atomic E-state index is 12.5. The van der Waals surface area contributed by atoms with Crippen molar-refractivity contribution >= 4 is 17.4 Å². The summed E-state index contributed by atoms with van der Waals surface area (Å²) in [6, 6.07) is 7.61. The van der Waals surface area contributed by atoms with E-state index in [1.54, 1.807) is 0 Å². The smallest absolute Gasteiger partial charge is 0.173 e. The van der Waals surface area contributed by atoms with Gasteiger partial charge in [-0.25, -0.2) is 0 Å². The second kappa shape index (κ2) is 3.82. The lowest BCUT2D eigenvalue weighted by Crippen LogP contribution is -2.41. The van der Waals surface area contributed by atoms with E-state index < -0.39 is 5.60 Å². The Morgan fingerprint density at radius 1 is 1.22 bits per heavy atom. The minimum Gasteiger partial charge on any atom is -0.353 e. The zero-order chi connectivity index (χ0) is 13.0. The number of rotatable bonds is 1. The van der Waals surface area contributed by atoms with Crippen molar-refractivity contribution in [2.24, 2.45) is 5.41 Å². The zero-order valence-corrected chi connectivity index (χ0v) is 11.5. The molecule has 1 saturated heterocycles. The lowest BCUT2D eigenvalue weighted by Gasteiger charge is -2.32. The van der Waals surface area contributed by atoms with Gasteiger partial charge >= 0.3 is 0 Å². The molecular formula is C15H17ClO2. The molecule has 0 N–H and O–H groups in total. The Morgan fingerprint density at radius 3 is 2.56 bits per heavy atom. The number of carbonyl (C=O) groups is 1. The van der Waals surface area contributed by atoms with Crippen LogP contribution >= 0.6 is 11.6 Å². The highest BCUT2D eigenvalue weighted by Gasteiger charge is 2.66. The average Bonchev–Trinajstić information content (AvgIpc) is 3.03. The van der Waals surface area contributed by atoms with Crippen LogP contribution in [0, 0.1) is 5.41 Å². The van der Waals surface area contributed by atoms with Gasteiger partial charge in [0.1, 0.15) is 6.10 Å². The van der Waals surface area contributed by atoms with E-state index in [9.17, 15) is 4.79 Å². The monoisotopic (exact) mass is 264 g/mol. The van der Waals surface area contributed by atoms with Gasteiger partial charge in [-0.05, 0) is 37.0 Å². The van der Waals surface area contributed by atoms with Crippen molar-refractivity contribution in [3.05, 3.63) is 34.9 Å². The van der Waals surface area contributed by atoms with Crippen LogP contribution in [0.5, 0.6) is 0 Å². The standard InChI is InChI=1S/C15H17ClO2/c1-14(2)8-3-9-15(13(14)17)12(18-15)10-4-6-11(16)7-5-10/h4-7,12H,3,8-9H2,1-2H3/t12-,15+/m1/s1. The van der Waals surface area contributed by atoms with Crippen LogP contribution in [0.2, 0.25) is 5.02 Å². The van der Waals surface area contributed by atoms with Crippen LogP contribution in [0.4, 0.5) is 0 Å². The van der Waals surface area contributed by atoms with Crippen molar-refractivity contribution in [3.8, 4) is 0 Å². The first-order valence-corrected chi connectivity index (χ1v) is 6.82. The Balaban J connectivity index is 1.87. The fraction of sp³-hybridized carbons (Fsp3) is 0.533. The summed E-state index contributed by atoms with van der Waals surface area (Å²) in [5, 5.41) is 0.712. The Bertz CT molecular complexity index is 492. The summed E-state index contributed by atoms with van der Waals surface area (Å²) in [5.41, 5.74) is 0.264. The van der Waals surface area contributed by atoms with Crippen molar-refractivity contribution in [1.29, 1.82) is 0 Å². The molecule has 2 aliphatic rings. The third kappa shape index (κ3) is 1.70. The van der Waals surface area contributed by atoms with Crippen LogP contribution in [0.25, 0.3) is 0 Å². The molecule has 2 nitrogen and oxygen atoms in total. The van der Waals surface area contributed by atoms with E-state index in [2.05, 4.69) is 0 Å². The van der Waals surface area contributed by atoms with Crippen LogP contribution in [-0.4, -0.2) is 11.4 Å². The zero-order valence-electron chi connectivity index (χ0n) is 10.7. The number of halogens is 1. The quantitative estimate of drug-likeness (QED) is 0.720. The second-order valence-electron chi connectivity index (χ2n) is 6.01. The number of ketones is 1. The predicted octanol–water partition coefficient (Wildman–Crippen LogP) is 3.93. The minimum absolute atomic E-state index is 0.0677. The Hall–Kier alpha value is -0.860. The molecule has 1 saturated carbocycles. The van der Waals surface area contributed by atoms with E-state index in [0.29, 0.717) is 5.02 Å². The molecule has 3 heteroatoms. The van der Waals surface area contributed by atoms with E-state index >= 15 is 0 Å². The molecule has 1 aliphatic carbocycles. The normalized spacial score (nSPS) is 33.7. The van der Waals surface area contributed by atoms with Gasteiger partial charge in [-0.1, -0.05) is 37.6 Å². The van der Waals surface area contributed by atoms with Gasteiger partial charge in [0.15, 0.2) is 11.4 Å². The largest absolute Gasteiger partial charge is 0.353 e. The van der Waals surface area contributed by atoms with Gasteiger partial charge in [-0.2, -0.15) is 0 Å². The molecule has 1 aliphatic heterocycles. The summed E-state index contributed by atoms with van der Waals surface area (Å²) in [5.74, 6) is 0.265. The number of benzene rings is 1. The molecule has 0 amide bonds. The van der Waals surface area contributed by atoms with Crippen molar-refractivity contribution in [2.75, 3.05) is 0 Å². The number of Topliss-reactive ketones (excluding diaryl/α,β-unsaturated/α-hetero) is 1. The first-order valence-electron chi connectivity index (χ1n) is 6.44. The van der Waals surface area contributed by atoms with Gasteiger partial charge in [0.05, 0.1) is 0 Å². The van der Waals surface area contributed by atoms with Gasteiger partial charge in [0, 0.05) is 10.4 Å². The number of ether oxygens (including phenoxy) is 1. The van der Waals surface area contributed by atoms with Crippen molar-refractivity contribution in [2.45, 2.75) is 44.8 Å². The molecule has 1 spiro atoms. The van der Waals surface area contributed by atoms with Gasteiger partial charge in [0.25, 0.3) is 0 Å². The molecule has 96 valence electrons. The van der Waals surface area contributed by atoms with Crippen LogP contribution in [0.3, 0.4) is 0 Å². The molecule has 0 unspecified atom stereocenters. The van der Waals surface area contributed by atoms with E-state index in [4.69, 9.17) is 16.3 Å². The number of hydrogen-bond donors (Lipinski definition) is 0. The maximum absolute atomic E-state index is 12.5. The fourth-order valence-corrected chi connectivity index (χ4v) is 3.23. The van der Waals surface area contributed by atoms with E-state index in [0.717, 1.165) is 24.8 Å². The van der Waals surface area contributed by atoms with Gasteiger partial charge in [-0.3, -0.25) is 4.79 Å². The molecule has 3 rings (SSSR count). The van der Waals surface area contributed by atoms with Crippen LogP contribution in [0.15, 0.2) is 24.3 Å². The molecule has 18 heavy (non-hydrogen) atoms. The highest BCUT2D eigenvalue weighted by atomic mass is 35.5. The number of epoxide rings is 1. The molecule has 2 atom stereocenters. The molecule has 0 bridgehead atoms. The maximum Gasteiger partial charge on any atom is 0.173 e. The van der Waals surface area contributed by atoms with E-state index in [1.165, 1.54) is 0 Å². The van der Waals surface area contributed by atoms with E-state index in [-0.39, 0.29) is 17.3 Å². The second-order valence-corrected chi connectivity index (χ2v) is 6.44. The highest BCUT2D eigenvalue weighted by Crippen LogP contribution is 2.59. The molecule has 2 fully saturated rings. The molecular weight excluding hydrogens is 248 g/mol. The van der Waals surface area contributed by atoms with E-state index in [1.807, 2.05) is 38.1 Å². The summed E-state index contributed by atoms with van der Waals surface area (Å²) < 4.78 is 5.83. The van der Waals surface area contributed by atoms with Gasteiger partial charge in [-0.15, -0.1) is 0 Å². The Morgan fingerprint density at radius 2 is 1.89 bits per heavy atom. The summed E-state index contributed by atoms with van der Waals surface area (Å²) in [7, 11) is 0. The lowest BCUT2D eigenvalue weighted by atomic mass is 9.69. The van der Waals surface area contributed by atoms with Crippen LogP contribution in [0.1, 0.15) is 44.8 Å². The van der Waals surface area contributed by atoms with Crippen molar-refractivity contribution in [1.82, 2.24) is 0 Å². The number of hydrogen-bond acceptors (Lipinski definition) is 2. The lowest BCUT2D eigenvalue weighted by molar-refractivity contribution is -0.135. The van der Waals surface area contributed by atoms with Crippen LogP contribution < -0.4 is 0 Å². The first-order chi connectivity index (χ1) is 8.46.